The van der Waals surface area contributed by atoms with E-state index in [4.69, 9.17) is 11.6 Å². The van der Waals surface area contributed by atoms with Gasteiger partial charge in [-0.3, -0.25) is 0 Å². The number of thiophene rings is 1. The minimum absolute atomic E-state index is 0.329. The van der Waals surface area contributed by atoms with E-state index in [0.717, 1.165) is 16.8 Å². The highest BCUT2D eigenvalue weighted by atomic mass is 35.5. The van der Waals surface area contributed by atoms with E-state index in [2.05, 4.69) is 60.6 Å². The van der Waals surface area contributed by atoms with Crippen LogP contribution in [0.2, 0.25) is 0 Å². The first kappa shape index (κ1) is 18.5. The van der Waals surface area contributed by atoms with Gasteiger partial charge < -0.3 is 4.90 Å². The molecule has 1 heterocycles. The van der Waals surface area contributed by atoms with Crippen molar-refractivity contribution in [1.29, 1.82) is 0 Å². The van der Waals surface area contributed by atoms with Crippen LogP contribution in [0, 0.1) is 0 Å². The SMILES string of the molecule is C=C(N=C(Cl)N(C)C(=C)c1ccc2c(c1)sc1ccccc12)c1ccccc1. The quantitative estimate of drug-likeness (QED) is 0.200. The molecule has 0 N–H and O–H groups in total. The molecular weight excluding hydrogens is 384 g/mol. The average molecular weight is 403 g/mol. The molecule has 3 aromatic carbocycles. The number of benzene rings is 3. The monoisotopic (exact) mass is 402 g/mol. The van der Waals surface area contributed by atoms with Crippen molar-refractivity contribution in [2.75, 3.05) is 7.05 Å². The molecule has 2 nitrogen and oxygen atoms in total. The lowest BCUT2D eigenvalue weighted by atomic mass is 10.1. The van der Waals surface area contributed by atoms with Gasteiger partial charge in [-0.15, -0.1) is 11.3 Å². The molecule has 0 unspecified atom stereocenters. The number of aliphatic imine (C=N–C) groups is 1. The van der Waals surface area contributed by atoms with Gasteiger partial charge in [-0.25, -0.2) is 4.99 Å². The third-order valence-corrected chi connectivity index (χ3v) is 6.20. The fourth-order valence-corrected chi connectivity index (χ4v) is 4.44. The van der Waals surface area contributed by atoms with Gasteiger partial charge in [-0.2, -0.15) is 0 Å². The summed E-state index contributed by atoms with van der Waals surface area (Å²) in [6, 6.07) is 24.6. The summed E-state index contributed by atoms with van der Waals surface area (Å²) in [7, 11) is 1.86. The third-order valence-electron chi connectivity index (χ3n) is 4.73. The van der Waals surface area contributed by atoms with Crippen molar-refractivity contribution < 1.29 is 0 Å². The molecule has 0 aliphatic heterocycles. The Kier molecular flexibility index (Phi) is 5.03. The Labute approximate surface area is 173 Å². The molecule has 28 heavy (non-hydrogen) atoms. The maximum atomic E-state index is 6.46. The van der Waals surface area contributed by atoms with Gasteiger partial charge in [0.15, 0.2) is 0 Å². The van der Waals surface area contributed by atoms with Crippen molar-refractivity contribution in [3.8, 4) is 0 Å². The number of halogens is 1. The zero-order valence-electron chi connectivity index (χ0n) is 15.5. The number of fused-ring (bicyclic) bond motifs is 3. The second-order valence-corrected chi connectivity index (χ2v) is 7.93. The summed E-state index contributed by atoms with van der Waals surface area (Å²) in [5.74, 6) is 0. The summed E-state index contributed by atoms with van der Waals surface area (Å²) in [6.07, 6.45) is 0. The summed E-state index contributed by atoms with van der Waals surface area (Å²) in [5, 5.41) is 2.87. The van der Waals surface area contributed by atoms with Crippen LogP contribution in [0.4, 0.5) is 0 Å². The van der Waals surface area contributed by atoms with Crippen LogP contribution in [0.1, 0.15) is 11.1 Å². The molecule has 0 aliphatic carbocycles. The Morgan fingerprint density at radius 3 is 2.32 bits per heavy atom. The Balaban J connectivity index is 1.62. The molecule has 0 aliphatic rings. The van der Waals surface area contributed by atoms with Gasteiger partial charge in [0, 0.05) is 32.9 Å². The lowest BCUT2D eigenvalue weighted by Crippen LogP contribution is -2.20. The molecular formula is C24H19ClN2S. The second-order valence-electron chi connectivity index (χ2n) is 6.51. The molecule has 138 valence electrons. The lowest BCUT2D eigenvalue weighted by molar-refractivity contribution is 0.735. The van der Waals surface area contributed by atoms with Crippen LogP contribution >= 0.6 is 22.9 Å². The topological polar surface area (TPSA) is 15.6 Å². The van der Waals surface area contributed by atoms with Crippen LogP contribution in [-0.2, 0) is 0 Å². The van der Waals surface area contributed by atoms with Gasteiger partial charge in [0.05, 0.1) is 5.70 Å². The molecule has 0 radical (unpaired) electrons. The van der Waals surface area contributed by atoms with Crippen molar-refractivity contribution in [3.05, 3.63) is 97.1 Å². The first-order valence-electron chi connectivity index (χ1n) is 8.87. The van der Waals surface area contributed by atoms with Crippen LogP contribution in [-0.4, -0.2) is 17.2 Å². The molecule has 0 saturated heterocycles. The molecule has 1 aromatic heterocycles. The first-order valence-corrected chi connectivity index (χ1v) is 10.1. The summed E-state index contributed by atoms with van der Waals surface area (Å²) >= 11 is 8.24. The van der Waals surface area contributed by atoms with E-state index in [0.29, 0.717) is 11.0 Å². The van der Waals surface area contributed by atoms with Crippen molar-refractivity contribution in [1.82, 2.24) is 4.90 Å². The van der Waals surface area contributed by atoms with Gasteiger partial charge in [0.1, 0.15) is 0 Å². The van der Waals surface area contributed by atoms with E-state index in [1.807, 2.05) is 37.4 Å². The standard InChI is InChI=1S/C24H19ClN2S/c1-16(18-9-5-4-6-10-18)26-24(25)27(3)17(2)19-13-14-21-20-11-7-8-12-22(20)28-23(21)15-19/h4-15H,1-2H2,3H3. The summed E-state index contributed by atoms with van der Waals surface area (Å²) in [5.41, 5.74) is 3.35. The minimum atomic E-state index is 0.329. The van der Waals surface area contributed by atoms with Gasteiger partial charge >= 0.3 is 0 Å². The summed E-state index contributed by atoms with van der Waals surface area (Å²) < 4.78 is 2.52. The zero-order chi connectivity index (χ0) is 19.7. The van der Waals surface area contributed by atoms with Gasteiger partial charge in [0.25, 0.3) is 0 Å². The number of rotatable bonds is 4. The first-order chi connectivity index (χ1) is 13.5. The number of amidine groups is 1. The van der Waals surface area contributed by atoms with Crippen LogP contribution in [0.15, 0.2) is 90.9 Å². The van der Waals surface area contributed by atoms with Crippen molar-refractivity contribution in [2.24, 2.45) is 4.99 Å². The van der Waals surface area contributed by atoms with Crippen molar-refractivity contribution >= 4 is 59.8 Å². The van der Waals surface area contributed by atoms with E-state index in [-0.39, 0.29) is 0 Å². The van der Waals surface area contributed by atoms with E-state index in [1.165, 1.54) is 20.2 Å². The molecule has 0 amide bonds. The summed E-state index contributed by atoms with van der Waals surface area (Å²) in [4.78, 5) is 6.23. The molecule has 0 fully saturated rings. The Morgan fingerprint density at radius 2 is 1.54 bits per heavy atom. The van der Waals surface area contributed by atoms with E-state index < -0.39 is 0 Å². The molecule has 4 aromatic rings. The third kappa shape index (κ3) is 3.47. The molecule has 4 heteroatoms. The predicted molar refractivity (Wildman–Crippen MR) is 125 cm³/mol. The number of hydrogen-bond acceptors (Lipinski definition) is 2. The van der Waals surface area contributed by atoms with Crippen molar-refractivity contribution in [2.45, 2.75) is 0 Å². The van der Waals surface area contributed by atoms with E-state index >= 15 is 0 Å². The maximum Gasteiger partial charge on any atom is 0.203 e. The normalized spacial score (nSPS) is 11.7. The second kappa shape index (κ2) is 7.63. The van der Waals surface area contributed by atoms with E-state index in [9.17, 15) is 0 Å². The maximum absolute atomic E-state index is 6.46. The van der Waals surface area contributed by atoms with Crippen LogP contribution in [0.3, 0.4) is 0 Å². The Morgan fingerprint density at radius 1 is 0.857 bits per heavy atom. The Bertz CT molecular complexity index is 1220. The predicted octanol–water partition coefficient (Wildman–Crippen LogP) is 7.22. The number of hydrogen-bond donors (Lipinski definition) is 0. The molecule has 0 bridgehead atoms. The highest BCUT2D eigenvalue weighted by Crippen LogP contribution is 2.35. The number of nitrogens with zero attached hydrogens (tertiary/aromatic N) is 2. The highest BCUT2D eigenvalue weighted by Gasteiger charge is 2.13. The Hall–Kier alpha value is -2.88. The molecule has 0 saturated carbocycles. The fourth-order valence-electron chi connectivity index (χ4n) is 3.09. The fraction of sp³-hybridized carbons (Fsp3) is 0.0417. The van der Waals surface area contributed by atoms with Gasteiger partial charge in [0.2, 0.25) is 5.29 Å². The molecule has 0 atom stereocenters. The van der Waals surface area contributed by atoms with Crippen LogP contribution in [0.5, 0.6) is 0 Å². The molecule has 4 rings (SSSR count). The van der Waals surface area contributed by atoms with Gasteiger partial charge in [-0.1, -0.05) is 73.8 Å². The van der Waals surface area contributed by atoms with Crippen molar-refractivity contribution in [3.63, 3.8) is 0 Å². The van der Waals surface area contributed by atoms with Crippen LogP contribution < -0.4 is 0 Å². The minimum Gasteiger partial charge on any atom is -0.320 e. The van der Waals surface area contributed by atoms with E-state index in [1.54, 1.807) is 16.2 Å². The lowest BCUT2D eigenvalue weighted by Gasteiger charge is -2.20. The zero-order valence-corrected chi connectivity index (χ0v) is 17.1. The average Bonchev–Trinajstić information content (AvgIpc) is 3.11. The highest BCUT2D eigenvalue weighted by molar-refractivity contribution is 7.25. The summed E-state index contributed by atoms with van der Waals surface area (Å²) in [6.45, 7) is 8.24. The smallest absolute Gasteiger partial charge is 0.203 e. The molecule has 0 spiro atoms. The van der Waals surface area contributed by atoms with Crippen LogP contribution in [0.25, 0.3) is 31.6 Å². The largest absolute Gasteiger partial charge is 0.320 e. The van der Waals surface area contributed by atoms with Gasteiger partial charge in [-0.05, 0) is 34.9 Å².